The van der Waals surface area contributed by atoms with E-state index >= 15 is 0 Å². The van der Waals surface area contributed by atoms with Crippen molar-refractivity contribution in [1.82, 2.24) is 20.3 Å². The first-order valence-electron chi connectivity index (χ1n) is 8.33. The fraction of sp³-hybridized carbons (Fsp3) is 0.278. The van der Waals surface area contributed by atoms with Gasteiger partial charge in [0.2, 0.25) is 0 Å². The minimum atomic E-state index is -0.619. The normalized spacial score (nSPS) is 17.5. The van der Waals surface area contributed by atoms with Crippen LogP contribution < -0.4 is 10.8 Å². The standard InChI is InChI=1S/C18H21N5O3/c24-16-3-1-2-13(8-16)11-23-7-6-15(12-23)21-17-10-19-14(9-20-17)4-5-18(25)22-26/h1-5,8-10,15,24,26H,6-7,11-12H2,(H,20,21)(H,22,25)/b5-4+/t15-/m1/s1. The molecule has 1 fully saturated rings. The molecule has 0 saturated carbocycles. The van der Waals surface area contributed by atoms with Crippen LogP contribution in [0.1, 0.15) is 17.7 Å². The fourth-order valence-corrected chi connectivity index (χ4v) is 2.91. The van der Waals surface area contributed by atoms with Gasteiger partial charge in [-0.1, -0.05) is 12.1 Å². The number of benzene rings is 1. The molecule has 3 rings (SSSR count). The lowest BCUT2D eigenvalue weighted by atomic mass is 10.2. The molecule has 2 heterocycles. The molecule has 0 unspecified atom stereocenters. The number of phenolic OH excluding ortho intramolecular Hbond substituents is 1. The van der Waals surface area contributed by atoms with Gasteiger partial charge in [0.05, 0.1) is 18.1 Å². The zero-order valence-electron chi connectivity index (χ0n) is 14.2. The number of hydroxylamine groups is 1. The number of aromatic hydroxyl groups is 1. The SMILES string of the molecule is O=C(/C=C/c1cnc(N[C@@H]2CCN(Cc3cccc(O)c3)C2)cn1)NO. The maximum Gasteiger partial charge on any atom is 0.267 e. The van der Waals surface area contributed by atoms with E-state index in [4.69, 9.17) is 5.21 Å². The van der Waals surface area contributed by atoms with E-state index in [1.165, 1.54) is 17.6 Å². The molecule has 1 saturated heterocycles. The zero-order chi connectivity index (χ0) is 18.4. The van der Waals surface area contributed by atoms with E-state index in [0.29, 0.717) is 11.5 Å². The average molecular weight is 355 g/mol. The maximum atomic E-state index is 10.9. The lowest BCUT2D eigenvalue weighted by molar-refractivity contribution is -0.124. The molecule has 26 heavy (non-hydrogen) atoms. The topological polar surface area (TPSA) is 111 Å². The van der Waals surface area contributed by atoms with Crippen molar-refractivity contribution < 1.29 is 15.1 Å². The van der Waals surface area contributed by atoms with Crippen molar-refractivity contribution in [3.63, 3.8) is 0 Å². The van der Waals surface area contributed by atoms with Crippen LogP contribution in [-0.4, -0.2) is 50.2 Å². The van der Waals surface area contributed by atoms with Crippen LogP contribution in [-0.2, 0) is 11.3 Å². The predicted molar refractivity (Wildman–Crippen MR) is 96.4 cm³/mol. The average Bonchev–Trinajstić information content (AvgIpc) is 3.07. The highest BCUT2D eigenvalue weighted by Gasteiger charge is 2.22. The first-order valence-corrected chi connectivity index (χ1v) is 8.33. The number of anilines is 1. The highest BCUT2D eigenvalue weighted by Crippen LogP contribution is 2.18. The molecule has 1 aliphatic rings. The van der Waals surface area contributed by atoms with Gasteiger partial charge in [0.25, 0.3) is 5.91 Å². The number of carbonyl (C=O) groups is 1. The Bertz CT molecular complexity index is 779. The van der Waals surface area contributed by atoms with Crippen LogP contribution in [0, 0.1) is 0 Å². The van der Waals surface area contributed by atoms with Gasteiger partial charge < -0.3 is 10.4 Å². The Morgan fingerprint density at radius 1 is 1.35 bits per heavy atom. The minimum absolute atomic E-state index is 0.281. The predicted octanol–water partition coefficient (Wildman–Crippen LogP) is 1.39. The number of nitrogens with one attached hydrogen (secondary N) is 2. The molecule has 1 aromatic carbocycles. The van der Waals surface area contributed by atoms with Crippen molar-refractivity contribution in [3.05, 3.63) is 54.0 Å². The van der Waals surface area contributed by atoms with Crippen molar-refractivity contribution in [2.75, 3.05) is 18.4 Å². The summed E-state index contributed by atoms with van der Waals surface area (Å²) in [6.45, 7) is 2.66. The monoisotopic (exact) mass is 355 g/mol. The number of rotatable bonds is 6. The second-order valence-electron chi connectivity index (χ2n) is 6.17. The van der Waals surface area contributed by atoms with Crippen LogP contribution in [0.15, 0.2) is 42.7 Å². The molecule has 0 aliphatic carbocycles. The summed E-state index contributed by atoms with van der Waals surface area (Å²) in [6, 6.07) is 7.60. The van der Waals surface area contributed by atoms with Gasteiger partial charge in [0.15, 0.2) is 0 Å². The van der Waals surface area contributed by atoms with Crippen LogP contribution in [0.4, 0.5) is 5.82 Å². The van der Waals surface area contributed by atoms with Crippen molar-refractivity contribution in [2.24, 2.45) is 0 Å². The smallest absolute Gasteiger partial charge is 0.267 e. The highest BCUT2D eigenvalue weighted by atomic mass is 16.5. The largest absolute Gasteiger partial charge is 0.508 e. The first-order chi connectivity index (χ1) is 12.6. The van der Waals surface area contributed by atoms with Gasteiger partial charge in [0, 0.05) is 31.8 Å². The number of aromatic nitrogens is 2. The molecule has 8 nitrogen and oxygen atoms in total. The molecule has 4 N–H and O–H groups in total. The zero-order valence-corrected chi connectivity index (χ0v) is 14.2. The Kier molecular flexibility index (Phi) is 5.77. The van der Waals surface area contributed by atoms with E-state index in [2.05, 4.69) is 20.2 Å². The van der Waals surface area contributed by atoms with E-state index in [-0.39, 0.29) is 11.8 Å². The summed E-state index contributed by atoms with van der Waals surface area (Å²) >= 11 is 0. The summed E-state index contributed by atoms with van der Waals surface area (Å²) in [6.07, 6.45) is 6.82. The van der Waals surface area contributed by atoms with Gasteiger partial charge in [-0.2, -0.15) is 0 Å². The van der Waals surface area contributed by atoms with Gasteiger partial charge in [-0.05, 0) is 30.2 Å². The number of carbonyl (C=O) groups excluding carboxylic acids is 1. The third-order valence-electron chi connectivity index (χ3n) is 4.13. The third-order valence-corrected chi connectivity index (χ3v) is 4.13. The maximum absolute atomic E-state index is 10.9. The van der Waals surface area contributed by atoms with Crippen molar-refractivity contribution in [1.29, 1.82) is 0 Å². The molecule has 0 radical (unpaired) electrons. The Morgan fingerprint density at radius 2 is 2.23 bits per heavy atom. The van der Waals surface area contributed by atoms with Crippen LogP contribution in [0.5, 0.6) is 5.75 Å². The summed E-state index contributed by atoms with van der Waals surface area (Å²) in [5.74, 6) is 0.349. The molecule has 0 spiro atoms. The van der Waals surface area contributed by atoms with E-state index in [1.54, 1.807) is 24.5 Å². The molecule has 1 aliphatic heterocycles. The highest BCUT2D eigenvalue weighted by molar-refractivity contribution is 5.90. The van der Waals surface area contributed by atoms with E-state index in [1.807, 2.05) is 12.1 Å². The number of hydrogen-bond donors (Lipinski definition) is 4. The Labute approximate surface area is 151 Å². The minimum Gasteiger partial charge on any atom is -0.508 e. The van der Waals surface area contributed by atoms with Crippen LogP contribution in [0.3, 0.4) is 0 Å². The lowest BCUT2D eigenvalue weighted by Crippen LogP contribution is -2.26. The quantitative estimate of drug-likeness (QED) is 0.352. The molecule has 1 amide bonds. The number of phenols is 1. The van der Waals surface area contributed by atoms with E-state index in [0.717, 1.165) is 31.6 Å². The van der Waals surface area contributed by atoms with E-state index < -0.39 is 5.91 Å². The van der Waals surface area contributed by atoms with E-state index in [9.17, 15) is 9.90 Å². The molecule has 0 bridgehead atoms. The summed E-state index contributed by atoms with van der Waals surface area (Å²) < 4.78 is 0. The Balaban J connectivity index is 1.50. The third kappa shape index (κ3) is 5.01. The molecular weight excluding hydrogens is 334 g/mol. The van der Waals surface area contributed by atoms with Gasteiger partial charge in [0.1, 0.15) is 11.6 Å². The van der Waals surface area contributed by atoms with Crippen LogP contribution in [0.25, 0.3) is 6.08 Å². The van der Waals surface area contributed by atoms with Gasteiger partial charge in [-0.15, -0.1) is 0 Å². The number of hydrogen-bond acceptors (Lipinski definition) is 7. The van der Waals surface area contributed by atoms with Crippen molar-refractivity contribution >= 4 is 17.8 Å². The van der Waals surface area contributed by atoms with Gasteiger partial charge in [-0.25, -0.2) is 10.5 Å². The molecule has 136 valence electrons. The van der Waals surface area contributed by atoms with Crippen LogP contribution >= 0.6 is 0 Å². The Hall–Kier alpha value is -2.97. The van der Waals surface area contributed by atoms with Crippen molar-refractivity contribution in [3.8, 4) is 5.75 Å². The summed E-state index contributed by atoms with van der Waals surface area (Å²) in [7, 11) is 0. The summed E-state index contributed by atoms with van der Waals surface area (Å²) in [5.41, 5.74) is 3.13. The fourth-order valence-electron chi connectivity index (χ4n) is 2.91. The number of nitrogens with zero attached hydrogens (tertiary/aromatic N) is 3. The molecule has 8 heteroatoms. The summed E-state index contributed by atoms with van der Waals surface area (Å²) in [5, 5.41) is 21.3. The number of amides is 1. The number of likely N-dealkylation sites (tertiary alicyclic amines) is 1. The molecule has 1 atom stereocenters. The lowest BCUT2D eigenvalue weighted by Gasteiger charge is -2.17. The first kappa shape index (κ1) is 17.8. The van der Waals surface area contributed by atoms with Crippen molar-refractivity contribution in [2.45, 2.75) is 19.0 Å². The van der Waals surface area contributed by atoms with Crippen LogP contribution in [0.2, 0.25) is 0 Å². The Morgan fingerprint density at radius 3 is 2.96 bits per heavy atom. The van der Waals surface area contributed by atoms with Gasteiger partial charge >= 0.3 is 0 Å². The summed E-state index contributed by atoms with van der Waals surface area (Å²) in [4.78, 5) is 21.8. The molecule has 1 aromatic heterocycles. The second kappa shape index (κ2) is 8.41. The molecular formula is C18H21N5O3. The second-order valence-corrected chi connectivity index (χ2v) is 6.17. The molecule has 2 aromatic rings. The van der Waals surface area contributed by atoms with Gasteiger partial charge in [-0.3, -0.25) is 19.9 Å².